The quantitative estimate of drug-likeness (QED) is 0.945. The van der Waals surface area contributed by atoms with Crippen molar-refractivity contribution in [3.8, 4) is 0 Å². The number of carbonyl (C=O) groups is 1. The first kappa shape index (κ1) is 13.9. The minimum atomic E-state index is -0.175. The van der Waals surface area contributed by atoms with Crippen LogP contribution in [0.2, 0.25) is 10.2 Å². The molecule has 1 aromatic heterocycles. The van der Waals surface area contributed by atoms with Gasteiger partial charge in [0.25, 0.3) is 0 Å². The maximum atomic E-state index is 12.0. The van der Waals surface area contributed by atoms with Gasteiger partial charge in [-0.2, -0.15) is 5.10 Å². The molecule has 1 aromatic carbocycles. The monoisotopic (exact) mass is 297 g/mol. The molecule has 19 heavy (non-hydrogen) atoms. The standard InChI is InChI=1S/C13H13Cl2N3O/c1-8-12(13(15)18(2)17-8)16-11(19)7-9-5-3-4-6-10(9)14/h3-6H,7H2,1-2H3,(H,16,19). The second kappa shape index (κ2) is 5.63. The molecule has 0 bridgehead atoms. The van der Waals surface area contributed by atoms with Gasteiger partial charge in [-0.05, 0) is 18.6 Å². The Balaban J connectivity index is 2.12. The van der Waals surface area contributed by atoms with E-state index in [0.29, 0.717) is 21.6 Å². The van der Waals surface area contributed by atoms with Gasteiger partial charge in [0.15, 0.2) is 5.15 Å². The van der Waals surface area contributed by atoms with Crippen molar-refractivity contribution in [3.63, 3.8) is 0 Å². The highest BCUT2D eigenvalue weighted by atomic mass is 35.5. The van der Waals surface area contributed by atoms with E-state index in [1.165, 1.54) is 4.68 Å². The van der Waals surface area contributed by atoms with Gasteiger partial charge in [-0.15, -0.1) is 0 Å². The Morgan fingerprint density at radius 1 is 1.37 bits per heavy atom. The third-order valence-electron chi connectivity index (χ3n) is 2.73. The molecule has 0 aliphatic rings. The molecule has 0 atom stereocenters. The van der Waals surface area contributed by atoms with Gasteiger partial charge >= 0.3 is 0 Å². The summed E-state index contributed by atoms with van der Waals surface area (Å²) in [7, 11) is 1.72. The van der Waals surface area contributed by atoms with Gasteiger partial charge in [-0.25, -0.2) is 0 Å². The SMILES string of the molecule is Cc1nn(C)c(Cl)c1NC(=O)Cc1ccccc1Cl. The molecule has 0 aliphatic carbocycles. The van der Waals surface area contributed by atoms with Crippen molar-refractivity contribution < 1.29 is 4.79 Å². The van der Waals surface area contributed by atoms with E-state index >= 15 is 0 Å². The minimum absolute atomic E-state index is 0.175. The number of amides is 1. The molecule has 0 saturated carbocycles. The Labute approximate surface area is 121 Å². The maximum absolute atomic E-state index is 12.0. The van der Waals surface area contributed by atoms with Crippen molar-refractivity contribution in [1.82, 2.24) is 9.78 Å². The minimum Gasteiger partial charge on any atom is -0.322 e. The Morgan fingerprint density at radius 2 is 2.05 bits per heavy atom. The summed E-state index contributed by atoms with van der Waals surface area (Å²) in [6, 6.07) is 7.24. The van der Waals surface area contributed by atoms with Gasteiger partial charge in [0.05, 0.1) is 12.1 Å². The number of aryl methyl sites for hydroxylation is 2. The van der Waals surface area contributed by atoms with Crippen LogP contribution in [0, 0.1) is 6.92 Å². The Morgan fingerprint density at radius 3 is 2.63 bits per heavy atom. The molecule has 1 N–H and O–H groups in total. The first-order valence-electron chi connectivity index (χ1n) is 5.71. The maximum Gasteiger partial charge on any atom is 0.228 e. The summed E-state index contributed by atoms with van der Waals surface area (Å²) in [6.45, 7) is 1.79. The second-order valence-electron chi connectivity index (χ2n) is 4.19. The summed E-state index contributed by atoms with van der Waals surface area (Å²) in [4.78, 5) is 12.0. The summed E-state index contributed by atoms with van der Waals surface area (Å²) >= 11 is 12.1. The molecule has 6 heteroatoms. The van der Waals surface area contributed by atoms with Crippen LogP contribution in [-0.2, 0) is 18.3 Å². The van der Waals surface area contributed by atoms with Crippen LogP contribution >= 0.6 is 23.2 Å². The Hall–Kier alpha value is -1.52. The number of benzene rings is 1. The first-order chi connectivity index (χ1) is 8.99. The van der Waals surface area contributed by atoms with Gasteiger partial charge in [0.1, 0.15) is 5.69 Å². The molecule has 1 heterocycles. The fourth-order valence-corrected chi connectivity index (χ4v) is 2.19. The van der Waals surface area contributed by atoms with Crippen LogP contribution in [0.4, 0.5) is 5.69 Å². The lowest BCUT2D eigenvalue weighted by atomic mass is 10.1. The van der Waals surface area contributed by atoms with Crippen molar-refractivity contribution in [3.05, 3.63) is 45.7 Å². The van der Waals surface area contributed by atoms with E-state index in [2.05, 4.69) is 10.4 Å². The zero-order valence-electron chi connectivity index (χ0n) is 10.6. The fraction of sp³-hybridized carbons (Fsp3) is 0.231. The average molecular weight is 298 g/mol. The molecule has 0 saturated heterocycles. The average Bonchev–Trinajstić information content (AvgIpc) is 2.59. The van der Waals surface area contributed by atoms with E-state index in [-0.39, 0.29) is 12.3 Å². The lowest BCUT2D eigenvalue weighted by molar-refractivity contribution is -0.115. The van der Waals surface area contributed by atoms with E-state index in [1.54, 1.807) is 20.0 Å². The van der Waals surface area contributed by atoms with E-state index in [1.807, 2.05) is 18.2 Å². The molecular formula is C13H13Cl2N3O. The highest BCUT2D eigenvalue weighted by Gasteiger charge is 2.14. The Kier molecular flexibility index (Phi) is 4.12. The lowest BCUT2D eigenvalue weighted by Gasteiger charge is -2.06. The normalized spacial score (nSPS) is 10.5. The fourth-order valence-electron chi connectivity index (χ4n) is 1.77. The number of hydrogen-bond donors (Lipinski definition) is 1. The zero-order chi connectivity index (χ0) is 14.0. The number of nitrogens with one attached hydrogen (secondary N) is 1. The van der Waals surface area contributed by atoms with Crippen LogP contribution in [0.25, 0.3) is 0 Å². The van der Waals surface area contributed by atoms with Crippen LogP contribution < -0.4 is 5.32 Å². The van der Waals surface area contributed by atoms with E-state index in [9.17, 15) is 4.79 Å². The van der Waals surface area contributed by atoms with E-state index < -0.39 is 0 Å². The summed E-state index contributed by atoms with van der Waals surface area (Å²) in [5.41, 5.74) is 2.00. The topological polar surface area (TPSA) is 46.9 Å². The number of anilines is 1. The number of hydrogen-bond acceptors (Lipinski definition) is 2. The summed E-state index contributed by atoms with van der Waals surface area (Å²) in [5.74, 6) is -0.175. The molecule has 1 amide bonds. The lowest BCUT2D eigenvalue weighted by Crippen LogP contribution is -2.15. The van der Waals surface area contributed by atoms with Crippen molar-refractivity contribution >= 4 is 34.8 Å². The number of aromatic nitrogens is 2. The summed E-state index contributed by atoms with van der Waals surface area (Å²) < 4.78 is 1.52. The van der Waals surface area contributed by atoms with Gasteiger partial charge in [0, 0.05) is 12.1 Å². The van der Waals surface area contributed by atoms with Gasteiger partial charge in [0.2, 0.25) is 5.91 Å². The van der Waals surface area contributed by atoms with Crippen molar-refractivity contribution in [2.24, 2.45) is 7.05 Å². The van der Waals surface area contributed by atoms with Crippen molar-refractivity contribution in [2.45, 2.75) is 13.3 Å². The third-order valence-corrected chi connectivity index (χ3v) is 3.53. The molecule has 0 radical (unpaired) electrons. The summed E-state index contributed by atoms with van der Waals surface area (Å²) in [5, 5.41) is 7.88. The molecule has 0 aliphatic heterocycles. The highest BCUT2D eigenvalue weighted by Crippen LogP contribution is 2.25. The van der Waals surface area contributed by atoms with E-state index in [4.69, 9.17) is 23.2 Å². The largest absolute Gasteiger partial charge is 0.322 e. The number of rotatable bonds is 3. The van der Waals surface area contributed by atoms with E-state index in [0.717, 1.165) is 5.56 Å². The molecular weight excluding hydrogens is 285 g/mol. The predicted molar refractivity (Wildman–Crippen MR) is 76.7 cm³/mol. The van der Waals surface area contributed by atoms with Crippen molar-refractivity contribution in [1.29, 1.82) is 0 Å². The van der Waals surface area contributed by atoms with Crippen molar-refractivity contribution in [2.75, 3.05) is 5.32 Å². The van der Waals surface area contributed by atoms with Gasteiger partial charge < -0.3 is 5.32 Å². The number of halogens is 2. The molecule has 2 rings (SSSR count). The van der Waals surface area contributed by atoms with Crippen LogP contribution in [0.3, 0.4) is 0 Å². The van der Waals surface area contributed by atoms with Crippen LogP contribution in [-0.4, -0.2) is 15.7 Å². The Bertz CT molecular complexity index is 622. The third kappa shape index (κ3) is 3.08. The van der Waals surface area contributed by atoms with Crippen LogP contribution in [0.15, 0.2) is 24.3 Å². The molecule has 2 aromatic rings. The predicted octanol–water partition coefficient (Wildman–Crippen LogP) is 3.22. The van der Waals surface area contributed by atoms with Crippen LogP contribution in [0.5, 0.6) is 0 Å². The number of carbonyl (C=O) groups excluding carboxylic acids is 1. The summed E-state index contributed by atoms with van der Waals surface area (Å²) in [6.07, 6.45) is 0.199. The molecule has 100 valence electrons. The number of nitrogens with zero attached hydrogens (tertiary/aromatic N) is 2. The molecule has 0 spiro atoms. The highest BCUT2D eigenvalue weighted by molar-refractivity contribution is 6.33. The molecule has 0 unspecified atom stereocenters. The van der Waals surface area contributed by atoms with Gasteiger partial charge in [-0.3, -0.25) is 9.48 Å². The smallest absolute Gasteiger partial charge is 0.228 e. The zero-order valence-corrected chi connectivity index (χ0v) is 12.1. The first-order valence-corrected chi connectivity index (χ1v) is 6.47. The van der Waals surface area contributed by atoms with Gasteiger partial charge in [-0.1, -0.05) is 41.4 Å². The molecule has 0 fully saturated rings. The molecule has 4 nitrogen and oxygen atoms in total. The van der Waals surface area contributed by atoms with Crippen LogP contribution in [0.1, 0.15) is 11.3 Å². The second-order valence-corrected chi connectivity index (χ2v) is 4.96.